The molecule has 0 radical (unpaired) electrons. The van der Waals surface area contributed by atoms with Crippen molar-refractivity contribution in [3.8, 4) is 6.07 Å². The van der Waals surface area contributed by atoms with Crippen molar-refractivity contribution in [2.75, 3.05) is 26.2 Å². The van der Waals surface area contributed by atoms with E-state index >= 15 is 0 Å². The van der Waals surface area contributed by atoms with E-state index in [1.54, 1.807) is 4.90 Å². The number of aryl methyl sites for hydroxylation is 1. The normalized spacial score (nSPS) is 15.1. The molecule has 5 nitrogen and oxygen atoms in total. The molecule has 0 bridgehead atoms. The highest BCUT2D eigenvalue weighted by Gasteiger charge is 2.21. The van der Waals surface area contributed by atoms with Crippen molar-refractivity contribution >= 4 is 11.8 Å². The third kappa shape index (κ3) is 4.32. The third-order valence-corrected chi connectivity index (χ3v) is 3.91. The van der Waals surface area contributed by atoms with Crippen LogP contribution < -0.4 is 0 Å². The van der Waals surface area contributed by atoms with Gasteiger partial charge in [0, 0.05) is 26.2 Å². The first-order valence-electron chi connectivity index (χ1n) is 7.58. The molecule has 0 spiro atoms. The van der Waals surface area contributed by atoms with Crippen LogP contribution in [0.5, 0.6) is 0 Å². The minimum absolute atomic E-state index is 0.0860. The lowest BCUT2D eigenvalue weighted by Crippen LogP contribution is -2.37. The Kier molecular flexibility index (Phi) is 5.54. The smallest absolute Gasteiger partial charge is 0.236 e. The maximum absolute atomic E-state index is 12.4. The quantitative estimate of drug-likeness (QED) is 0.850. The van der Waals surface area contributed by atoms with E-state index in [-0.39, 0.29) is 18.2 Å². The zero-order chi connectivity index (χ0) is 15.9. The van der Waals surface area contributed by atoms with Crippen LogP contribution in [0.3, 0.4) is 0 Å². The highest BCUT2D eigenvalue weighted by atomic mass is 16.2. The molecular formula is C17H21N3O2. The molecule has 1 heterocycles. The number of benzene rings is 1. The predicted octanol–water partition coefficient (Wildman–Crippen LogP) is 1.51. The van der Waals surface area contributed by atoms with Crippen LogP contribution in [0.1, 0.15) is 24.0 Å². The van der Waals surface area contributed by atoms with Gasteiger partial charge < -0.3 is 9.80 Å². The molecule has 1 aliphatic heterocycles. The summed E-state index contributed by atoms with van der Waals surface area (Å²) in [4.78, 5) is 27.6. The largest absolute Gasteiger partial charge is 0.341 e. The molecule has 0 N–H and O–H groups in total. The Hall–Kier alpha value is -2.35. The van der Waals surface area contributed by atoms with Crippen LogP contribution >= 0.6 is 0 Å². The van der Waals surface area contributed by atoms with Gasteiger partial charge in [-0.2, -0.15) is 5.26 Å². The van der Waals surface area contributed by atoms with Gasteiger partial charge in [0.25, 0.3) is 0 Å². The summed E-state index contributed by atoms with van der Waals surface area (Å²) in [6.45, 7) is 4.37. The van der Waals surface area contributed by atoms with Crippen molar-refractivity contribution in [1.82, 2.24) is 9.80 Å². The van der Waals surface area contributed by atoms with Gasteiger partial charge in [0.15, 0.2) is 0 Å². The van der Waals surface area contributed by atoms with Crippen LogP contribution in [0.15, 0.2) is 24.3 Å². The molecule has 1 aliphatic rings. The lowest BCUT2D eigenvalue weighted by Gasteiger charge is -2.21. The van der Waals surface area contributed by atoms with Gasteiger partial charge >= 0.3 is 0 Å². The van der Waals surface area contributed by atoms with Crippen LogP contribution in [-0.2, 0) is 16.0 Å². The Morgan fingerprint density at radius 1 is 1.05 bits per heavy atom. The summed E-state index contributed by atoms with van der Waals surface area (Å²) in [6, 6.07) is 9.86. The Labute approximate surface area is 131 Å². The average molecular weight is 299 g/mol. The highest BCUT2D eigenvalue weighted by molar-refractivity contribution is 5.80. The fraction of sp³-hybridized carbons (Fsp3) is 0.471. The van der Waals surface area contributed by atoms with Crippen molar-refractivity contribution in [3.05, 3.63) is 35.4 Å². The Morgan fingerprint density at radius 3 is 2.23 bits per heavy atom. The van der Waals surface area contributed by atoms with Gasteiger partial charge in [-0.15, -0.1) is 0 Å². The SMILES string of the molecule is Cc1ccc(CC(=O)N2CCCN(C(=O)CC#N)CC2)cc1. The Morgan fingerprint density at radius 2 is 1.64 bits per heavy atom. The first-order valence-corrected chi connectivity index (χ1v) is 7.58. The zero-order valence-electron chi connectivity index (χ0n) is 12.9. The molecule has 2 amide bonds. The van der Waals surface area contributed by atoms with E-state index in [0.29, 0.717) is 32.6 Å². The number of amides is 2. The lowest BCUT2D eigenvalue weighted by atomic mass is 10.1. The molecule has 2 rings (SSSR count). The molecule has 1 aromatic carbocycles. The molecule has 0 aliphatic carbocycles. The summed E-state index contributed by atoms with van der Waals surface area (Å²) in [7, 11) is 0. The van der Waals surface area contributed by atoms with Crippen molar-refractivity contribution in [3.63, 3.8) is 0 Å². The summed E-state index contributed by atoms with van der Waals surface area (Å²) < 4.78 is 0. The van der Waals surface area contributed by atoms with E-state index in [9.17, 15) is 9.59 Å². The summed E-state index contributed by atoms with van der Waals surface area (Å²) >= 11 is 0. The first kappa shape index (κ1) is 16.0. The third-order valence-electron chi connectivity index (χ3n) is 3.91. The summed E-state index contributed by atoms with van der Waals surface area (Å²) in [5.74, 6) is -0.0474. The van der Waals surface area contributed by atoms with Crippen molar-refractivity contribution in [1.29, 1.82) is 5.26 Å². The summed E-state index contributed by atoms with van der Waals surface area (Å²) in [5.41, 5.74) is 2.19. The van der Waals surface area contributed by atoms with Crippen molar-refractivity contribution in [2.45, 2.75) is 26.2 Å². The molecule has 0 unspecified atom stereocenters. The molecular weight excluding hydrogens is 278 g/mol. The number of nitrogens with zero attached hydrogens (tertiary/aromatic N) is 3. The molecule has 5 heteroatoms. The molecule has 0 atom stereocenters. The molecule has 22 heavy (non-hydrogen) atoms. The highest BCUT2D eigenvalue weighted by Crippen LogP contribution is 2.09. The van der Waals surface area contributed by atoms with E-state index < -0.39 is 0 Å². The van der Waals surface area contributed by atoms with Crippen LogP contribution in [0.25, 0.3) is 0 Å². The fourth-order valence-electron chi connectivity index (χ4n) is 2.59. The van der Waals surface area contributed by atoms with E-state index in [0.717, 1.165) is 12.0 Å². The van der Waals surface area contributed by atoms with Crippen molar-refractivity contribution < 1.29 is 9.59 Å². The maximum Gasteiger partial charge on any atom is 0.236 e. The van der Waals surface area contributed by atoms with Gasteiger partial charge in [0.1, 0.15) is 6.42 Å². The number of carbonyl (C=O) groups excluding carboxylic acids is 2. The lowest BCUT2D eigenvalue weighted by molar-refractivity contribution is -0.132. The number of rotatable bonds is 3. The van der Waals surface area contributed by atoms with Gasteiger partial charge in [-0.1, -0.05) is 29.8 Å². The minimum Gasteiger partial charge on any atom is -0.341 e. The molecule has 1 fully saturated rings. The predicted molar refractivity (Wildman–Crippen MR) is 82.9 cm³/mol. The van der Waals surface area contributed by atoms with Crippen LogP contribution in [-0.4, -0.2) is 47.8 Å². The Bertz CT molecular complexity index is 575. The number of hydrogen-bond donors (Lipinski definition) is 0. The molecule has 0 aromatic heterocycles. The van der Waals surface area contributed by atoms with Gasteiger partial charge in [-0.05, 0) is 18.9 Å². The number of nitriles is 1. The monoisotopic (exact) mass is 299 g/mol. The van der Waals surface area contributed by atoms with Gasteiger partial charge in [-0.25, -0.2) is 0 Å². The van der Waals surface area contributed by atoms with Crippen LogP contribution in [0.2, 0.25) is 0 Å². The minimum atomic E-state index is -0.143. The van der Waals surface area contributed by atoms with Gasteiger partial charge in [0.05, 0.1) is 12.5 Å². The number of hydrogen-bond acceptors (Lipinski definition) is 3. The molecule has 0 saturated carbocycles. The number of carbonyl (C=O) groups is 2. The van der Waals surface area contributed by atoms with Crippen molar-refractivity contribution in [2.24, 2.45) is 0 Å². The summed E-state index contributed by atoms with van der Waals surface area (Å²) in [5, 5.41) is 8.60. The molecule has 116 valence electrons. The standard InChI is InChI=1S/C17H21N3O2/c1-14-3-5-15(6-4-14)13-17(22)20-10-2-9-19(11-12-20)16(21)7-8-18/h3-6H,2,7,9-13H2,1H3. The van der Waals surface area contributed by atoms with Gasteiger partial charge in [0.2, 0.25) is 11.8 Å². The second-order valence-electron chi connectivity index (χ2n) is 5.61. The molecule has 1 aromatic rings. The van der Waals surface area contributed by atoms with E-state index in [2.05, 4.69) is 0 Å². The van der Waals surface area contributed by atoms with E-state index in [1.807, 2.05) is 42.2 Å². The van der Waals surface area contributed by atoms with Crippen LogP contribution in [0, 0.1) is 18.3 Å². The average Bonchev–Trinajstić information content (AvgIpc) is 2.76. The summed E-state index contributed by atoms with van der Waals surface area (Å²) in [6.07, 6.45) is 1.07. The van der Waals surface area contributed by atoms with E-state index in [4.69, 9.17) is 5.26 Å². The zero-order valence-corrected chi connectivity index (χ0v) is 12.9. The van der Waals surface area contributed by atoms with E-state index in [1.165, 1.54) is 5.56 Å². The second kappa shape index (κ2) is 7.60. The maximum atomic E-state index is 12.4. The van der Waals surface area contributed by atoms with Crippen LogP contribution in [0.4, 0.5) is 0 Å². The first-order chi connectivity index (χ1) is 10.6. The topological polar surface area (TPSA) is 64.4 Å². The second-order valence-corrected chi connectivity index (χ2v) is 5.61. The van der Waals surface area contributed by atoms with Gasteiger partial charge in [-0.3, -0.25) is 9.59 Å². The fourth-order valence-corrected chi connectivity index (χ4v) is 2.59. The molecule has 1 saturated heterocycles. The Balaban J connectivity index is 1.90.